The van der Waals surface area contributed by atoms with Crippen molar-refractivity contribution in [1.29, 1.82) is 0 Å². The smallest absolute Gasteiger partial charge is 0.390 e. The van der Waals surface area contributed by atoms with Crippen molar-refractivity contribution in [2.45, 2.75) is 19.5 Å². The first-order valence-electron chi connectivity index (χ1n) is 8.61. The highest BCUT2D eigenvalue weighted by Crippen LogP contribution is 2.35. The van der Waals surface area contributed by atoms with Gasteiger partial charge in [-0.05, 0) is 25.6 Å². The number of likely N-dealkylation sites (N-methyl/N-ethyl adjacent to an activating group) is 1. The number of nitrogens with zero attached hydrogens (tertiary/aromatic N) is 1. The van der Waals surface area contributed by atoms with Crippen molar-refractivity contribution in [2.24, 2.45) is 0 Å². The second-order valence-corrected chi connectivity index (χ2v) is 7.14. The number of benzene rings is 1. The third kappa shape index (κ3) is 6.65. The van der Waals surface area contributed by atoms with Crippen molar-refractivity contribution in [3.63, 3.8) is 0 Å². The molecule has 2 rings (SSSR count). The Bertz CT molecular complexity index is 807. The SMILES string of the molecule is CCOC(=O)c1sc(-c2ccccc2)cc1NC(=O)CN(C)CCC(F)(F)F. The van der Waals surface area contributed by atoms with E-state index in [0.29, 0.717) is 0 Å². The van der Waals surface area contributed by atoms with Gasteiger partial charge < -0.3 is 10.1 Å². The maximum Gasteiger partial charge on any atom is 0.390 e. The van der Waals surface area contributed by atoms with Crippen LogP contribution in [0.5, 0.6) is 0 Å². The lowest BCUT2D eigenvalue weighted by Gasteiger charge is -2.17. The Labute approximate surface area is 165 Å². The molecule has 2 aromatic rings. The van der Waals surface area contributed by atoms with Gasteiger partial charge in [0.2, 0.25) is 5.91 Å². The van der Waals surface area contributed by atoms with Gasteiger partial charge in [0.1, 0.15) is 4.88 Å². The minimum atomic E-state index is -4.28. The number of nitrogens with one attached hydrogen (secondary N) is 1. The zero-order valence-corrected chi connectivity index (χ0v) is 16.3. The molecule has 0 saturated carbocycles. The van der Waals surface area contributed by atoms with E-state index in [4.69, 9.17) is 4.74 Å². The number of halogens is 3. The van der Waals surface area contributed by atoms with Gasteiger partial charge in [0.15, 0.2) is 0 Å². The molecule has 1 aromatic heterocycles. The Morgan fingerprint density at radius 1 is 1.21 bits per heavy atom. The van der Waals surface area contributed by atoms with Gasteiger partial charge in [-0.3, -0.25) is 9.69 Å². The number of ether oxygens (including phenoxy) is 1. The predicted octanol–water partition coefficient (Wildman–Crippen LogP) is 4.41. The molecule has 1 heterocycles. The standard InChI is InChI=1S/C19H21F3N2O3S/c1-3-27-18(26)17-14(11-15(28-17)13-7-5-4-6-8-13)23-16(25)12-24(2)10-9-19(20,21)22/h4-8,11H,3,9-10,12H2,1-2H3,(H,23,25). The molecule has 0 saturated heterocycles. The lowest BCUT2D eigenvalue weighted by molar-refractivity contribution is -0.138. The van der Waals surface area contributed by atoms with Gasteiger partial charge in [0, 0.05) is 11.4 Å². The van der Waals surface area contributed by atoms with Gasteiger partial charge >= 0.3 is 12.1 Å². The highest BCUT2D eigenvalue weighted by atomic mass is 32.1. The molecule has 0 atom stereocenters. The fraction of sp³-hybridized carbons (Fsp3) is 0.368. The Morgan fingerprint density at radius 3 is 2.50 bits per heavy atom. The molecular weight excluding hydrogens is 393 g/mol. The number of alkyl halides is 3. The second kappa shape index (κ2) is 9.70. The van der Waals surface area contributed by atoms with Crippen LogP contribution >= 0.6 is 11.3 Å². The van der Waals surface area contributed by atoms with Crippen LogP contribution < -0.4 is 5.32 Å². The summed E-state index contributed by atoms with van der Waals surface area (Å²) < 4.78 is 41.9. The van der Waals surface area contributed by atoms with Gasteiger partial charge in [-0.25, -0.2) is 4.79 Å². The second-order valence-electron chi connectivity index (χ2n) is 6.09. The van der Waals surface area contributed by atoms with Crippen LogP contribution in [0.4, 0.5) is 18.9 Å². The number of anilines is 1. The number of amides is 1. The van der Waals surface area contributed by atoms with Gasteiger partial charge in [-0.1, -0.05) is 30.3 Å². The highest BCUT2D eigenvalue weighted by molar-refractivity contribution is 7.18. The lowest BCUT2D eigenvalue weighted by Crippen LogP contribution is -2.32. The molecule has 0 fully saturated rings. The lowest BCUT2D eigenvalue weighted by atomic mass is 10.2. The first-order chi connectivity index (χ1) is 13.2. The van der Waals surface area contributed by atoms with Crippen molar-refractivity contribution >= 4 is 28.9 Å². The van der Waals surface area contributed by atoms with Gasteiger partial charge in [-0.2, -0.15) is 13.2 Å². The van der Waals surface area contributed by atoms with Crippen LogP contribution in [0.15, 0.2) is 36.4 Å². The molecule has 1 amide bonds. The summed E-state index contributed by atoms with van der Waals surface area (Å²) in [6, 6.07) is 11.0. The minimum Gasteiger partial charge on any atom is -0.462 e. The molecule has 0 bridgehead atoms. The van der Waals surface area contributed by atoms with E-state index >= 15 is 0 Å². The zero-order chi connectivity index (χ0) is 20.7. The van der Waals surface area contributed by atoms with Crippen LogP contribution in [-0.4, -0.2) is 49.7 Å². The minimum absolute atomic E-state index is 0.185. The molecule has 1 aromatic carbocycles. The fourth-order valence-electron chi connectivity index (χ4n) is 2.41. The number of carbonyl (C=O) groups is 2. The molecule has 0 aliphatic rings. The number of hydrogen-bond acceptors (Lipinski definition) is 5. The van der Waals surface area contributed by atoms with Crippen molar-refractivity contribution in [2.75, 3.05) is 32.1 Å². The first kappa shape index (κ1) is 21.9. The Balaban J connectivity index is 2.13. The highest BCUT2D eigenvalue weighted by Gasteiger charge is 2.27. The summed E-state index contributed by atoms with van der Waals surface area (Å²) in [5.41, 5.74) is 1.16. The summed E-state index contributed by atoms with van der Waals surface area (Å²) in [6.45, 7) is 1.35. The summed E-state index contributed by atoms with van der Waals surface area (Å²) in [5.74, 6) is -1.07. The van der Waals surface area contributed by atoms with E-state index in [0.717, 1.165) is 10.4 Å². The average molecular weight is 414 g/mol. The summed E-state index contributed by atoms with van der Waals surface area (Å²) in [7, 11) is 1.43. The summed E-state index contributed by atoms with van der Waals surface area (Å²) in [4.78, 5) is 26.8. The van der Waals surface area contributed by atoms with E-state index < -0.39 is 24.5 Å². The number of thiophene rings is 1. The molecule has 5 nitrogen and oxygen atoms in total. The molecule has 1 N–H and O–H groups in total. The predicted molar refractivity (Wildman–Crippen MR) is 103 cm³/mol. The normalized spacial score (nSPS) is 11.5. The van der Waals surface area contributed by atoms with E-state index in [2.05, 4.69) is 5.32 Å². The molecule has 0 aliphatic heterocycles. The molecular formula is C19H21F3N2O3S. The van der Waals surface area contributed by atoms with Crippen molar-refractivity contribution in [3.05, 3.63) is 41.3 Å². The number of rotatable bonds is 8. The van der Waals surface area contributed by atoms with Crippen molar-refractivity contribution < 1.29 is 27.5 Å². The van der Waals surface area contributed by atoms with Gasteiger partial charge in [0.25, 0.3) is 0 Å². The van der Waals surface area contributed by atoms with E-state index in [9.17, 15) is 22.8 Å². The summed E-state index contributed by atoms with van der Waals surface area (Å²) in [5, 5.41) is 2.62. The average Bonchev–Trinajstić information content (AvgIpc) is 3.04. The third-order valence-electron chi connectivity index (χ3n) is 3.72. The molecule has 0 radical (unpaired) electrons. The summed E-state index contributed by atoms with van der Waals surface area (Å²) >= 11 is 1.18. The molecule has 9 heteroatoms. The fourth-order valence-corrected chi connectivity index (χ4v) is 3.42. The van der Waals surface area contributed by atoms with Gasteiger partial charge in [-0.15, -0.1) is 11.3 Å². The van der Waals surface area contributed by atoms with E-state index in [1.165, 1.54) is 23.3 Å². The van der Waals surface area contributed by atoms with Crippen molar-refractivity contribution in [3.8, 4) is 10.4 Å². The van der Waals surface area contributed by atoms with E-state index in [-0.39, 0.29) is 30.3 Å². The van der Waals surface area contributed by atoms with Crippen LogP contribution in [0.25, 0.3) is 10.4 Å². The van der Waals surface area contributed by atoms with Crippen LogP contribution in [0.2, 0.25) is 0 Å². The quantitative estimate of drug-likeness (QED) is 0.650. The van der Waals surface area contributed by atoms with Crippen LogP contribution in [0.1, 0.15) is 23.0 Å². The molecule has 0 aliphatic carbocycles. The van der Waals surface area contributed by atoms with Gasteiger partial charge in [0.05, 0.1) is 25.3 Å². The number of carbonyl (C=O) groups excluding carboxylic acids is 2. The van der Waals surface area contributed by atoms with E-state index in [1.807, 2.05) is 30.3 Å². The van der Waals surface area contributed by atoms with E-state index in [1.54, 1.807) is 13.0 Å². The van der Waals surface area contributed by atoms with Crippen LogP contribution in [0.3, 0.4) is 0 Å². The molecule has 0 unspecified atom stereocenters. The molecule has 0 spiro atoms. The topological polar surface area (TPSA) is 58.6 Å². The Morgan fingerprint density at radius 2 is 1.89 bits per heavy atom. The number of hydrogen-bond donors (Lipinski definition) is 1. The largest absolute Gasteiger partial charge is 0.462 e. The zero-order valence-electron chi connectivity index (χ0n) is 15.5. The molecule has 28 heavy (non-hydrogen) atoms. The Kier molecular flexibility index (Phi) is 7.59. The monoisotopic (exact) mass is 414 g/mol. The first-order valence-corrected chi connectivity index (χ1v) is 9.42. The van der Waals surface area contributed by atoms with Crippen molar-refractivity contribution in [1.82, 2.24) is 4.90 Å². The number of esters is 1. The third-order valence-corrected chi connectivity index (χ3v) is 4.88. The molecule has 152 valence electrons. The maximum atomic E-state index is 12.3. The maximum absolute atomic E-state index is 12.3. The van der Waals surface area contributed by atoms with Crippen LogP contribution in [0, 0.1) is 0 Å². The summed E-state index contributed by atoms with van der Waals surface area (Å²) in [6.07, 6.45) is -5.28. The Hall–Kier alpha value is -2.39. The van der Waals surface area contributed by atoms with Crippen LogP contribution in [-0.2, 0) is 9.53 Å².